The van der Waals surface area contributed by atoms with Crippen LogP contribution < -0.4 is 5.32 Å². The maximum absolute atomic E-state index is 13.7. The summed E-state index contributed by atoms with van der Waals surface area (Å²) in [7, 11) is 0. The van der Waals surface area contributed by atoms with Crippen molar-refractivity contribution in [3.05, 3.63) is 89.4 Å². The van der Waals surface area contributed by atoms with Gasteiger partial charge in [-0.15, -0.1) is 0 Å². The van der Waals surface area contributed by atoms with Crippen molar-refractivity contribution in [1.29, 1.82) is 0 Å². The Morgan fingerprint density at radius 3 is 2.41 bits per heavy atom. The van der Waals surface area contributed by atoms with E-state index in [0.29, 0.717) is 36.5 Å². The van der Waals surface area contributed by atoms with Crippen LogP contribution in [0.4, 0.5) is 14.0 Å². The van der Waals surface area contributed by atoms with Gasteiger partial charge in [-0.1, -0.05) is 37.3 Å². The van der Waals surface area contributed by atoms with Crippen molar-refractivity contribution in [2.24, 2.45) is 0 Å². The van der Waals surface area contributed by atoms with Gasteiger partial charge in [-0.25, -0.2) is 19.0 Å². The van der Waals surface area contributed by atoms with E-state index in [9.17, 15) is 19.1 Å². The molecule has 3 aromatic rings. The van der Waals surface area contributed by atoms with Crippen LogP contribution in [-0.2, 0) is 27.1 Å². The Morgan fingerprint density at radius 2 is 1.76 bits per heavy atom. The number of hydrogen-bond donors (Lipinski definition) is 2. The lowest BCUT2D eigenvalue weighted by Crippen LogP contribution is -2.42. The standard InChI is InChI=1S/C32H38FN3O5/c1-30(2,3)41-28(37)34-20-32(5,39)27-18-24(17-26(35-27)23-11-13-25(33)14-12-23)31(4)15-16-36(21-31)29(38)40-19-22-9-7-6-8-10-22/h6-14,17-18,39H,15-16,19-21H2,1-5H3,(H,34,37). The number of carbonyl (C=O) groups is 2. The Kier molecular flexibility index (Phi) is 8.68. The number of hydrogen-bond acceptors (Lipinski definition) is 6. The number of benzene rings is 2. The number of aromatic nitrogens is 1. The summed E-state index contributed by atoms with van der Waals surface area (Å²) in [5, 5.41) is 14.1. The fourth-order valence-electron chi connectivity index (χ4n) is 4.74. The van der Waals surface area contributed by atoms with E-state index < -0.39 is 22.7 Å². The largest absolute Gasteiger partial charge is 0.445 e. The molecule has 41 heavy (non-hydrogen) atoms. The molecule has 0 bridgehead atoms. The van der Waals surface area contributed by atoms with Gasteiger partial charge in [0.1, 0.15) is 23.6 Å². The predicted octanol–water partition coefficient (Wildman–Crippen LogP) is 5.92. The van der Waals surface area contributed by atoms with E-state index in [1.807, 2.05) is 42.5 Å². The molecule has 4 rings (SSSR count). The summed E-state index contributed by atoms with van der Waals surface area (Å²) >= 11 is 0. The number of nitrogens with one attached hydrogen (secondary N) is 1. The number of likely N-dealkylation sites (tertiary alicyclic amines) is 1. The van der Waals surface area contributed by atoms with Gasteiger partial charge in [-0.3, -0.25) is 0 Å². The predicted molar refractivity (Wildman–Crippen MR) is 154 cm³/mol. The van der Waals surface area contributed by atoms with Gasteiger partial charge in [0.15, 0.2) is 0 Å². The molecule has 9 heteroatoms. The Morgan fingerprint density at radius 1 is 1.07 bits per heavy atom. The number of carbonyl (C=O) groups excluding carboxylic acids is 2. The third-order valence-electron chi connectivity index (χ3n) is 7.13. The number of halogens is 1. The maximum Gasteiger partial charge on any atom is 0.410 e. The van der Waals surface area contributed by atoms with Gasteiger partial charge in [-0.2, -0.15) is 0 Å². The smallest absolute Gasteiger partial charge is 0.410 e. The zero-order valence-corrected chi connectivity index (χ0v) is 24.2. The van der Waals surface area contributed by atoms with Gasteiger partial charge in [0, 0.05) is 24.1 Å². The minimum Gasteiger partial charge on any atom is -0.445 e. The first-order chi connectivity index (χ1) is 19.2. The normalized spacial score (nSPS) is 18.5. The summed E-state index contributed by atoms with van der Waals surface area (Å²) < 4.78 is 24.5. The number of pyridine rings is 1. The molecule has 2 amide bonds. The van der Waals surface area contributed by atoms with Crippen LogP contribution in [0.25, 0.3) is 11.3 Å². The molecule has 8 nitrogen and oxygen atoms in total. The molecular weight excluding hydrogens is 525 g/mol. The Bertz CT molecular complexity index is 1370. The molecule has 2 N–H and O–H groups in total. The van der Waals surface area contributed by atoms with Crippen molar-refractivity contribution in [3.8, 4) is 11.3 Å². The van der Waals surface area contributed by atoms with Crippen LogP contribution in [-0.4, -0.2) is 52.4 Å². The second kappa shape index (κ2) is 11.9. The van der Waals surface area contributed by atoms with Gasteiger partial charge >= 0.3 is 12.2 Å². The van der Waals surface area contributed by atoms with E-state index in [-0.39, 0.29) is 25.1 Å². The zero-order valence-electron chi connectivity index (χ0n) is 24.2. The summed E-state index contributed by atoms with van der Waals surface area (Å²) in [6.07, 6.45) is -0.378. The summed E-state index contributed by atoms with van der Waals surface area (Å²) in [6, 6.07) is 19.2. The van der Waals surface area contributed by atoms with Gasteiger partial charge < -0.3 is 24.8 Å². The molecule has 0 saturated carbocycles. The first kappa shape index (κ1) is 30.0. The van der Waals surface area contributed by atoms with E-state index >= 15 is 0 Å². The molecular formula is C32H38FN3O5. The molecule has 0 aliphatic carbocycles. The topological polar surface area (TPSA) is 101 Å². The van der Waals surface area contributed by atoms with E-state index in [2.05, 4.69) is 12.2 Å². The maximum atomic E-state index is 13.7. The molecule has 0 spiro atoms. The number of rotatable bonds is 7. The third kappa shape index (κ3) is 7.82. The van der Waals surface area contributed by atoms with E-state index in [1.54, 1.807) is 44.7 Å². The summed E-state index contributed by atoms with van der Waals surface area (Å²) in [5.41, 5.74) is 0.613. The molecule has 1 aromatic heterocycles. The second-order valence-corrected chi connectivity index (χ2v) is 12.0. The lowest BCUT2D eigenvalue weighted by molar-refractivity contribution is 0.0297. The van der Waals surface area contributed by atoms with Crippen molar-refractivity contribution in [1.82, 2.24) is 15.2 Å². The van der Waals surface area contributed by atoms with E-state index in [1.165, 1.54) is 12.1 Å². The molecule has 2 atom stereocenters. The number of amides is 2. The number of ether oxygens (including phenoxy) is 2. The van der Waals surface area contributed by atoms with Crippen LogP contribution in [0, 0.1) is 5.82 Å². The average Bonchev–Trinajstić information content (AvgIpc) is 3.34. The second-order valence-electron chi connectivity index (χ2n) is 12.0. The molecule has 1 saturated heterocycles. The van der Waals surface area contributed by atoms with E-state index in [0.717, 1.165) is 11.1 Å². The summed E-state index contributed by atoms with van der Waals surface area (Å²) in [5.74, 6) is -0.369. The molecule has 218 valence electrons. The van der Waals surface area contributed by atoms with Crippen molar-refractivity contribution in [3.63, 3.8) is 0 Å². The highest BCUT2D eigenvalue weighted by atomic mass is 19.1. The molecule has 1 fully saturated rings. The lowest BCUT2D eigenvalue weighted by atomic mass is 9.80. The van der Waals surface area contributed by atoms with Gasteiger partial charge in [0.05, 0.1) is 17.9 Å². The molecule has 1 aliphatic heterocycles. The van der Waals surface area contributed by atoms with Crippen molar-refractivity contribution < 1.29 is 28.6 Å². The van der Waals surface area contributed by atoms with E-state index in [4.69, 9.17) is 14.5 Å². The van der Waals surface area contributed by atoms with Gasteiger partial charge in [-0.05, 0) is 81.6 Å². The SMILES string of the molecule is CC(C)(C)OC(=O)NCC(C)(O)c1cc(C2(C)CCN(C(=O)OCc3ccccc3)C2)cc(-c2ccc(F)cc2)n1. The number of aliphatic hydroxyl groups is 1. The third-order valence-corrected chi connectivity index (χ3v) is 7.13. The van der Waals surface area contributed by atoms with Crippen molar-refractivity contribution in [2.45, 2.75) is 64.3 Å². The minimum absolute atomic E-state index is 0.143. The molecule has 0 radical (unpaired) electrons. The molecule has 2 heterocycles. The Labute approximate surface area is 240 Å². The number of alkyl carbamates (subject to hydrolysis) is 1. The highest BCUT2D eigenvalue weighted by molar-refractivity contribution is 5.69. The minimum atomic E-state index is -1.55. The Balaban J connectivity index is 1.58. The fourth-order valence-corrected chi connectivity index (χ4v) is 4.74. The van der Waals surface area contributed by atoms with Crippen LogP contribution in [0.1, 0.15) is 57.9 Å². The van der Waals surface area contributed by atoms with Crippen molar-refractivity contribution >= 4 is 12.2 Å². The van der Waals surface area contributed by atoms with Crippen LogP contribution >= 0.6 is 0 Å². The van der Waals surface area contributed by atoms with Gasteiger partial charge in [0.25, 0.3) is 0 Å². The zero-order chi connectivity index (χ0) is 29.8. The summed E-state index contributed by atoms with van der Waals surface area (Å²) in [4.78, 5) is 31.6. The first-order valence-corrected chi connectivity index (χ1v) is 13.7. The molecule has 2 unspecified atom stereocenters. The van der Waals surface area contributed by atoms with Crippen LogP contribution in [0.2, 0.25) is 0 Å². The van der Waals surface area contributed by atoms with Crippen LogP contribution in [0.5, 0.6) is 0 Å². The van der Waals surface area contributed by atoms with Crippen molar-refractivity contribution in [2.75, 3.05) is 19.6 Å². The van der Waals surface area contributed by atoms with Crippen LogP contribution in [0.15, 0.2) is 66.7 Å². The average molecular weight is 564 g/mol. The monoisotopic (exact) mass is 563 g/mol. The first-order valence-electron chi connectivity index (χ1n) is 13.7. The molecule has 2 aromatic carbocycles. The number of nitrogens with zero attached hydrogens (tertiary/aromatic N) is 2. The highest BCUT2D eigenvalue weighted by Gasteiger charge is 2.40. The fraction of sp³-hybridized carbons (Fsp3) is 0.406. The van der Waals surface area contributed by atoms with Crippen LogP contribution in [0.3, 0.4) is 0 Å². The summed E-state index contributed by atoms with van der Waals surface area (Å²) in [6.45, 7) is 9.85. The highest BCUT2D eigenvalue weighted by Crippen LogP contribution is 2.38. The molecule has 1 aliphatic rings. The Hall–Kier alpha value is -3.98. The lowest BCUT2D eigenvalue weighted by Gasteiger charge is -2.29. The van der Waals surface area contributed by atoms with Gasteiger partial charge in [0.2, 0.25) is 0 Å². The quantitative estimate of drug-likeness (QED) is 0.370.